The highest BCUT2D eigenvalue weighted by Crippen LogP contribution is 2.53. The van der Waals surface area contributed by atoms with Crippen LogP contribution in [0, 0.1) is 5.41 Å². The molecule has 2 unspecified atom stereocenters. The second kappa shape index (κ2) is 6.55. The number of nitrogens with zero attached hydrogens (tertiary/aromatic N) is 4. The summed E-state index contributed by atoms with van der Waals surface area (Å²) < 4.78 is 0. The lowest BCUT2D eigenvalue weighted by molar-refractivity contribution is -0.132. The van der Waals surface area contributed by atoms with Gasteiger partial charge in [0.05, 0.1) is 17.7 Å². The van der Waals surface area contributed by atoms with E-state index in [9.17, 15) is 4.79 Å². The average Bonchev–Trinajstić information content (AvgIpc) is 3.23. The quantitative estimate of drug-likeness (QED) is 0.853. The predicted octanol–water partition coefficient (Wildman–Crippen LogP) is 1.91. The summed E-state index contributed by atoms with van der Waals surface area (Å²) in [7, 11) is 0. The van der Waals surface area contributed by atoms with Gasteiger partial charge in [-0.05, 0) is 37.8 Å². The van der Waals surface area contributed by atoms with E-state index in [0.29, 0.717) is 18.4 Å². The van der Waals surface area contributed by atoms with Crippen LogP contribution in [0.4, 0.5) is 11.6 Å². The SMILES string of the molecule is CC[C@]1(C(=O)NCc2ccccn2)CC2CCC1N2c1cc(N)ncn1. The van der Waals surface area contributed by atoms with Gasteiger partial charge in [-0.2, -0.15) is 0 Å². The van der Waals surface area contributed by atoms with Crippen LogP contribution in [0.2, 0.25) is 0 Å². The van der Waals surface area contributed by atoms with E-state index < -0.39 is 5.41 Å². The van der Waals surface area contributed by atoms with Crippen molar-refractivity contribution in [3.05, 3.63) is 42.5 Å². The van der Waals surface area contributed by atoms with Crippen molar-refractivity contribution >= 4 is 17.5 Å². The first kappa shape index (κ1) is 16.8. The molecular formula is C19H24N6O. The van der Waals surface area contributed by atoms with E-state index in [4.69, 9.17) is 5.73 Å². The van der Waals surface area contributed by atoms with Crippen molar-refractivity contribution in [2.24, 2.45) is 5.41 Å². The molecule has 2 aliphatic rings. The lowest BCUT2D eigenvalue weighted by atomic mass is 9.71. The Balaban J connectivity index is 1.55. The van der Waals surface area contributed by atoms with Crippen molar-refractivity contribution in [3.8, 4) is 0 Å². The molecule has 2 aromatic rings. The molecule has 4 rings (SSSR count). The molecule has 3 N–H and O–H groups in total. The van der Waals surface area contributed by atoms with Gasteiger partial charge in [0.25, 0.3) is 0 Å². The molecule has 0 spiro atoms. The summed E-state index contributed by atoms with van der Waals surface area (Å²) in [4.78, 5) is 28.2. The molecule has 2 saturated heterocycles. The monoisotopic (exact) mass is 352 g/mol. The molecule has 2 bridgehead atoms. The van der Waals surface area contributed by atoms with Gasteiger partial charge in [0, 0.05) is 24.3 Å². The third-order valence-electron chi connectivity index (χ3n) is 5.92. The second-order valence-corrected chi connectivity index (χ2v) is 7.17. The van der Waals surface area contributed by atoms with Crippen molar-refractivity contribution in [1.29, 1.82) is 0 Å². The first-order chi connectivity index (χ1) is 12.6. The molecule has 7 nitrogen and oxygen atoms in total. The number of rotatable bonds is 5. The summed E-state index contributed by atoms with van der Waals surface area (Å²) >= 11 is 0. The third-order valence-corrected chi connectivity index (χ3v) is 5.92. The van der Waals surface area contributed by atoms with E-state index in [2.05, 4.69) is 32.1 Å². The highest BCUT2D eigenvalue weighted by molar-refractivity contribution is 5.85. The van der Waals surface area contributed by atoms with Gasteiger partial charge in [-0.1, -0.05) is 13.0 Å². The standard InChI is InChI=1S/C19H24N6O/c1-2-19(18(26)22-11-13-5-3-4-8-21-13)10-14-6-7-15(19)25(14)17-9-16(20)23-12-24-17/h3-5,8-9,12,14-15H,2,6-7,10-11H2,1H3,(H,22,26)(H2,20,23,24)/t14?,15?,19-/m0/s1. The van der Waals surface area contributed by atoms with Crippen molar-refractivity contribution in [1.82, 2.24) is 20.3 Å². The normalized spacial score (nSPS) is 26.9. The number of anilines is 2. The van der Waals surface area contributed by atoms with Crippen molar-refractivity contribution < 1.29 is 4.79 Å². The Kier molecular flexibility index (Phi) is 4.22. The highest BCUT2D eigenvalue weighted by atomic mass is 16.2. The summed E-state index contributed by atoms with van der Waals surface area (Å²) in [6, 6.07) is 8.02. The zero-order valence-electron chi connectivity index (χ0n) is 14.9. The molecule has 0 aromatic carbocycles. The molecule has 0 radical (unpaired) electrons. The van der Waals surface area contributed by atoms with Crippen LogP contribution in [0.3, 0.4) is 0 Å². The Hall–Kier alpha value is -2.70. The molecule has 4 heterocycles. The smallest absolute Gasteiger partial charge is 0.228 e. The van der Waals surface area contributed by atoms with Crippen molar-refractivity contribution in [2.45, 2.75) is 51.2 Å². The van der Waals surface area contributed by atoms with E-state index >= 15 is 0 Å². The number of fused-ring (bicyclic) bond motifs is 2. The Labute approximate surface area is 153 Å². The number of nitrogen functional groups attached to an aromatic ring is 1. The van der Waals surface area contributed by atoms with Crippen LogP contribution in [0.25, 0.3) is 0 Å². The fourth-order valence-electron chi connectivity index (χ4n) is 4.67. The van der Waals surface area contributed by atoms with Crippen LogP contribution in [0.15, 0.2) is 36.8 Å². The second-order valence-electron chi connectivity index (χ2n) is 7.17. The molecule has 2 aromatic heterocycles. The maximum absolute atomic E-state index is 13.2. The van der Waals surface area contributed by atoms with Gasteiger partial charge in [-0.3, -0.25) is 9.78 Å². The van der Waals surface area contributed by atoms with Gasteiger partial charge in [0.15, 0.2) is 0 Å². The largest absolute Gasteiger partial charge is 0.384 e. The Morgan fingerprint density at radius 3 is 2.96 bits per heavy atom. The van der Waals surface area contributed by atoms with E-state index in [0.717, 1.165) is 37.2 Å². The molecule has 26 heavy (non-hydrogen) atoms. The van der Waals surface area contributed by atoms with Gasteiger partial charge in [0.2, 0.25) is 5.91 Å². The fourth-order valence-corrected chi connectivity index (χ4v) is 4.67. The van der Waals surface area contributed by atoms with E-state index in [-0.39, 0.29) is 11.9 Å². The average molecular weight is 352 g/mol. The van der Waals surface area contributed by atoms with Crippen LogP contribution in [-0.2, 0) is 11.3 Å². The maximum atomic E-state index is 13.2. The summed E-state index contributed by atoms with van der Waals surface area (Å²) in [5.41, 5.74) is 6.33. The van der Waals surface area contributed by atoms with Gasteiger partial charge in [-0.25, -0.2) is 9.97 Å². The number of nitrogens with one attached hydrogen (secondary N) is 1. The minimum Gasteiger partial charge on any atom is -0.384 e. The van der Waals surface area contributed by atoms with Gasteiger partial charge >= 0.3 is 0 Å². The number of pyridine rings is 1. The number of nitrogens with two attached hydrogens (primary N) is 1. The number of hydrogen-bond acceptors (Lipinski definition) is 6. The lowest BCUT2D eigenvalue weighted by Gasteiger charge is -2.35. The molecule has 1 amide bonds. The van der Waals surface area contributed by atoms with Gasteiger partial charge in [-0.15, -0.1) is 0 Å². The third kappa shape index (κ3) is 2.67. The van der Waals surface area contributed by atoms with Crippen molar-refractivity contribution in [3.63, 3.8) is 0 Å². The highest BCUT2D eigenvalue weighted by Gasteiger charge is 2.59. The molecule has 136 valence electrons. The van der Waals surface area contributed by atoms with Gasteiger partial charge < -0.3 is 16.0 Å². The van der Waals surface area contributed by atoms with Crippen LogP contribution < -0.4 is 16.0 Å². The van der Waals surface area contributed by atoms with Crippen LogP contribution in [0.1, 0.15) is 38.3 Å². The van der Waals surface area contributed by atoms with Crippen LogP contribution >= 0.6 is 0 Å². The number of aromatic nitrogens is 3. The van der Waals surface area contributed by atoms with E-state index in [1.54, 1.807) is 6.20 Å². The van der Waals surface area contributed by atoms with Crippen molar-refractivity contribution in [2.75, 3.05) is 10.6 Å². The number of carbonyl (C=O) groups excluding carboxylic acids is 1. The lowest BCUT2D eigenvalue weighted by Crippen LogP contribution is -2.48. The molecule has 3 atom stereocenters. The predicted molar refractivity (Wildman–Crippen MR) is 99.2 cm³/mol. The Morgan fingerprint density at radius 1 is 1.35 bits per heavy atom. The number of carbonyl (C=O) groups is 1. The van der Waals surface area contributed by atoms with Crippen LogP contribution in [0.5, 0.6) is 0 Å². The zero-order valence-corrected chi connectivity index (χ0v) is 14.9. The molecule has 0 saturated carbocycles. The molecule has 7 heteroatoms. The maximum Gasteiger partial charge on any atom is 0.228 e. The topological polar surface area (TPSA) is 97.0 Å². The summed E-state index contributed by atoms with van der Waals surface area (Å²) in [5.74, 6) is 1.41. The number of hydrogen-bond donors (Lipinski definition) is 2. The molecular weight excluding hydrogens is 328 g/mol. The minimum atomic E-state index is -0.391. The minimum absolute atomic E-state index is 0.116. The molecule has 2 aliphatic heterocycles. The Bertz CT molecular complexity index is 798. The summed E-state index contributed by atoms with van der Waals surface area (Å²) in [5, 5.41) is 3.12. The Morgan fingerprint density at radius 2 is 2.23 bits per heavy atom. The van der Waals surface area contributed by atoms with E-state index in [1.165, 1.54) is 6.33 Å². The van der Waals surface area contributed by atoms with Crippen LogP contribution in [-0.4, -0.2) is 32.9 Å². The first-order valence-corrected chi connectivity index (χ1v) is 9.18. The number of amides is 1. The molecule has 2 fully saturated rings. The van der Waals surface area contributed by atoms with E-state index in [1.807, 2.05) is 24.3 Å². The molecule has 0 aliphatic carbocycles. The first-order valence-electron chi connectivity index (χ1n) is 9.18. The fraction of sp³-hybridized carbons (Fsp3) is 0.474. The zero-order chi connectivity index (χ0) is 18.1. The van der Waals surface area contributed by atoms with Gasteiger partial charge in [0.1, 0.15) is 18.0 Å². The summed E-state index contributed by atoms with van der Waals surface area (Å²) in [6.45, 7) is 2.56. The summed E-state index contributed by atoms with van der Waals surface area (Å²) in [6.07, 6.45) is 6.99.